The fourth-order valence-electron chi connectivity index (χ4n) is 9.10. The standard InChI is InChI=1S/C43H74N2O14/c1-24-21-29(19-20-46)39(59-42-37(49)36(45(9)10)38(27(4)56-42)58-35-23-43(6,51)41(50)28(5)55-35)40(52-11)31(47)22-33(48)53-25(2)15-13-12-14-16-32(24)57-34-18-17-30(44(7)8)26(3)54-34/h12-14,16,20,24-32,34-42,47,49-51H,15,17-19,21-23H2,1-11H3/b13-12+,16-14+/t24-,25+,26-,27-,28+,29+,30+,31+,32-,34?,35?,36-,37-,38?,39+,40+,41+,42?,43-/m1/s1. The van der Waals surface area contributed by atoms with E-state index in [0.717, 1.165) is 12.7 Å². The monoisotopic (exact) mass is 843 g/mol. The molecule has 0 amide bonds. The molecule has 3 fully saturated rings. The van der Waals surface area contributed by atoms with Crippen molar-refractivity contribution < 1.29 is 67.9 Å². The van der Waals surface area contributed by atoms with Gasteiger partial charge in [0, 0.05) is 32.4 Å². The second kappa shape index (κ2) is 22.5. The Kier molecular flexibility index (Phi) is 18.9. The molecule has 59 heavy (non-hydrogen) atoms. The molecule has 0 bridgehead atoms. The molecule has 0 radical (unpaired) electrons. The highest BCUT2D eigenvalue weighted by Gasteiger charge is 2.52. The minimum absolute atomic E-state index is 0.00885. The van der Waals surface area contributed by atoms with Crippen molar-refractivity contribution in [3.8, 4) is 0 Å². The van der Waals surface area contributed by atoms with E-state index in [0.29, 0.717) is 19.3 Å². The number of rotatable bonds is 11. The Morgan fingerprint density at radius 3 is 2.17 bits per heavy atom. The SMILES string of the molecule is CO[C@@H]1[C@@H](OC2O[C@H](C)C(OC3C[C@@](C)(O)[C@@H](O)[C@H](C)O3)[C@H](N(C)C)[C@H]2O)[C@@H](CC=O)C[C@@H](C)[C@H](OC2CC[C@H](N(C)C)[C@@H](C)O2)/C=C/C=C/C[C@H](C)OC(=O)C[C@@H]1O. The molecule has 0 spiro atoms. The minimum Gasteiger partial charge on any atom is -0.462 e. The molecule has 4 N–H and O–H groups in total. The van der Waals surface area contributed by atoms with Crippen LogP contribution in [0.2, 0.25) is 0 Å². The molecular weight excluding hydrogens is 768 g/mol. The third kappa shape index (κ3) is 13.3. The van der Waals surface area contributed by atoms with Gasteiger partial charge in [0.05, 0.1) is 54.7 Å². The maximum atomic E-state index is 13.1. The van der Waals surface area contributed by atoms with Crippen molar-refractivity contribution in [2.24, 2.45) is 11.8 Å². The summed E-state index contributed by atoms with van der Waals surface area (Å²) in [7, 11) is 9.03. The number of methoxy groups -OCH3 is 1. The maximum Gasteiger partial charge on any atom is 0.308 e. The molecule has 3 saturated heterocycles. The van der Waals surface area contributed by atoms with Crippen LogP contribution in [0.4, 0.5) is 0 Å². The first kappa shape index (κ1) is 49.8. The lowest BCUT2D eigenvalue weighted by atomic mass is 9.82. The van der Waals surface area contributed by atoms with E-state index in [2.05, 4.69) is 4.90 Å². The minimum atomic E-state index is -1.47. The van der Waals surface area contributed by atoms with Gasteiger partial charge in [0.25, 0.3) is 0 Å². The molecule has 4 aliphatic rings. The van der Waals surface area contributed by atoms with Crippen molar-refractivity contribution in [3.63, 3.8) is 0 Å². The highest BCUT2D eigenvalue weighted by Crippen LogP contribution is 2.37. The van der Waals surface area contributed by atoms with Crippen LogP contribution in [0.5, 0.6) is 0 Å². The maximum absolute atomic E-state index is 13.1. The van der Waals surface area contributed by atoms with E-state index in [4.69, 9.17) is 37.9 Å². The van der Waals surface area contributed by atoms with Crippen molar-refractivity contribution in [1.29, 1.82) is 0 Å². The Labute approximate surface area is 351 Å². The molecule has 340 valence electrons. The van der Waals surface area contributed by atoms with Gasteiger partial charge in [-0.3, -0.25) is 4.79 Å². The largest absolute Gasteiger partial charge is 0.462 e. The predicted octanol–water partition coefficient (Wildman–Crippen LogP) is 2.33. The van der Waals surface area contributed by atoms with Crippen LogP contribution in [0, 0.1) is 11.8 Å². The van der Waals surface area contributed by atoms with Crippen LogP contribution >= 0.6 is 0 Å². The second-order valence-corrected chi connectivity index (χ2v) is 17.8. The normalized spacial score (nSPS) is 45.8. The fourth-order valence-corrected chi connectivity index (χ4v) is 9.10. The number of hydrogen-bond donors (Lipinski definition) is 4. The number of esters is 1. The lowest BCUT2D eigenvalue weighted by molar-refractivity contribution is -0.344. The van der Waals surface area contributed by atoms with Crippen LogP contribution in [0.25, 0.3) is 0 Å². The number of nitrogens with zero attached hydrogens (tertiary/aromatic N) is 2. The third-order valence-corrected chi connectivity index (χ3v) is 12.4. The summed E-state index contributed by atoms with van der Waals surface area (Å²) >= 11 is 0. The van der Waals surface area contributed by atoms with Gasteiger partial charge in [-0.2, -0.15) is 0 Å². The van der Waals surface area contributed by atoms with Gasteiger partial charge in [0.15, 0.2) is 18.9 Å². The molecule has 0 aliphatic carbocycles. The quantitative estimate of drug-likeness (QED) is 0.175. The average molecular weight is 843 g/mol. The third-order valence-electron chi connectivity index (χ3n) is 12.4. The molecule has 0 aromatic heterocycles. The van der Waals surface area contributed by atoms with Crippen LogP contribution in [0.1, 0.15) is 86.5 Å². The van der Waals surface area contributed by atoms with Gasteiger partial charge < -0.3 is 72.9 Å². The Hall–Kier alpha value is -1.90. The number of aldehydes is 1. The lowest BCUT2D eigenvalue weighted by Gasteiger charge is -2.50. The highest BCUT2D eigenvalue weighted by atomic mass is 16.7. The number of carbonyl (C=O) groups excluding carboxylic acids is 2. The van der Waals surface area contributed by atoms with Crippen LogP contribution < -0.4 is 0 Å². The summed E-state index contributed by atoms with van der Waals surface area (Å²) in [5.74, 6) is -1.47. The summed E-state index contributed by atoms with van der Waals surface area (Å²) in [6.45, 7) is 10.8. The molecule has 16 heteroatoms. The summed E-state index contributed by atoms with van der Waals surface area (Å²) in [5.41, 5.74) is -1.47. The smallest absolute Gasteiger partial charge is 0.308 e. The van der Waals surface area contributed by atoms with E-state index >= 15 is 0 Å². The molecule has 4 rings (SSSR count). The molecule has 0 saturated carbocycles. The Bertz CT molecular complexity index is 1370. The van der Waals surface area contributed by atoms with E-state index in [1.807, 2.05) is 52.2 Å². The van der Waals surface area contributed by atoms with Gasteiger partial charge in [-0.25, -0.2) is 0 Å². The average Bonchev–Trinajstić information content (AvgIpc) is 3.13. The number of ether oxygens (including phenoxy) is 8. The van der Waals surface area contributed by atoms with Gasteiger partial charge >= 0.3 is 5.97 Å². The van der Waals surface area contributed by atoms with E-state index in [-0.39, 0.29) is 30.9 Å². The van der Waals surface area contributed by atoms with Crippen molar-refractivity contribution in [3.05, 3.63) is 24.3 Å². The summed E-state index contributed by atoms with van der Waals surface area (Å²) < 4.78 is 50.0. The number of cyclic esters (lactones) is 1. The number of carbonyl (C=O) groups is 2. The fraction of sp³-hybridized carbons (Fsp3) is 0.860. The second-order valence-electron chi connectivity index (χ2n) is 17.8. The predicted molar refractivity (Wildman–Crippen MR) is 217 cm³/mol. The van der Waals surface area contributed by atoms with Crippen molar-refractivity contribution >= 4 is 12.3 Å². The number of hydrogen-bond acceptors (Lipinski definition) is 16. The molecule has 0 aromatic carbocycles. The van der Waals surface area contributed by atoms with Gasteiger partial charge in [-0.1, -0.05) is 31.2 Å². The molecular formula is C43H74N2O14. The molecule has 4 heterocycles. The summed E-state index contributed by atoms with van der Waals surface area (Å²) in [6, 6.07) is -0.466. The number of allylic oxidation sites excluding steroid dienone is 2. The zero-order chi connectivity index (χ0) is 43.8. The molecule has 4 aliphatic heterocycles. The first-order valence-electron chi connectivity index (χ1n) is 21.3. The summed E-state index contributed by atoms with van der Waals surface area (Å²) in [4.78, 5) is 29.5. The molecule has 0 aromatic rings. The Morgan fingerprint density at radius 1 is 0.864 bits per heavy atom. The van der Waals surface area contributed by atoms with Gasteiger partial charge in [0.2, 0.25) is 0 Å². The number of aliphatic hydroxyl groups excluding tert-OH is 3. The van der Waals surface area contributed by atoms with E-state index in [1.54, 1.807) is 39.8 Å². The molecule has 4 unspecified atom stereocenters. The topological polar surface area (TPSA) is 195 Å². The zero-order valence-electron chi connectivity index (χ0n) is 37.0. The molecule has 16 nitrogen and oxygen atoms in total. The first-order chi connectivity index (χ1) is 27.8. The van der Waals surface area contributed by atoms with Crippen LogP contribution in [-0.4, -0.2) is 181 Å². The van der Waals surface area contributed by atoms with E-state index in [1.165, 1.54) is 14.0 Å². The Morgan fingerprint density at radius 2 is 1.56 bits per heavy atom. The Balaban J connectivity index is 1.66. The van der Waals surface area contributed by atoms with Gasteiger partial charge in [0.1, 0.15) is 36.8 Å². The van der Waals surface area contributed by atoms with Crippen LogP contribution in [-0.2, 0) is 47.5 Å². The molecule has 19 atom stereocenters. The lowest BCUT2D eigenvalue weighted by Crippen LogP contribution is -2.65. The van der Waals surface area contributed by atoms with E-state index in [9.17, 15) is 30.0 Å². The van der Waals surface area contributed by atoms with Crippen molar-refractivity contribution in [2.75, 3.05) is 35.3 Å². The van der Waals surface area contributed by atoms with Crippen LogP contribution in [0.3, 0.4) is 0 Å². The summed E-state index contributed by atoms with van der Waals surface area (Å²) in [6.07, 6.45) is -1.56. The highest BCUT2D eigenvalue weighted by molar-refractivity contribution is 5.70. The summed E-state index contributed by atoms with van der Waals surface area (Å²) in [5, 5.41) is 45.1. The zero-order valence-corrected chi connectivity index (χ0v) is 37.0. The van der Waals surface area contributed by atoms with Gasteiger partial charge in [-0.05, 0) is 93.9 Å². The number of aliphatic hydroxyl groups is 4. The van der Waals surface area contributed by atoms with E-state index < -0.39 is 110 Å². The van der Waals surface area contributed by atoms with Gasteiger partial charge in [-0.15, -0.1) is 0 Å². The van der Waals surface area contributed by atoms with Crippen LogP contribution in [0.15, 0.2) is 24.3 Å². The van der Waals surface area contributed by atoms with Crippen molar-refractivity contribution in [2.45, 2.75) is 190 Å². The first-order valence-corrected chi connectivity index (χ1v) is 21.3. The number of likely N-dealkylation sites (N-methyl/N-ethyl adjacent to an activating group) is 2. The van der Waals surface area contributed by atoms with Crippen molar-refractivity contribution in [1.82, 2.24) is 9.80 Å².